The van der Waals surface area contributed by atoms with Gasteiger partial charge < -0.3 is 15.3 Å². The van der Waals surface area contributed by atoms with Crippen LogP contribution in [0.25, 0.3) is 0 Å². The van der Waals surface area contributed by atoms with Crippen molar-refractivity contribution in [3.05, 3.63) is 16.6 Å². The highest BCUT2D eigenvalue weighted by molar-refractivity contribution is 7.07. The Balaban J connectivity index is 2.47. The molecule has 0 saturated carbocycles. The molecule has 0 aliphatic heterocycles. The average molecular weight is 257 g/mol. The Morgan fingerprint density at radius 1 is 1.59 bits per heavy atom. The highest BCUT2D eigenvalue weighted by Crippen LogP contribution is 2.03. The minimum Gasteiger partial charge on any atom is -0.392 e. The van der Waals surface area contributed by atoms with Crippen molar-refractivity contribution >= 4 is 17.4 Å². The van der Waals surface area contributed by atoms with Crippen molar-refractivity contribution in [1.29, 1.82) is 0 Å². The van der Waals surface area contributed by atoms with Crippen molar-refractivity contribution in [2.45, 2.75) is 39.5 Å². The van der Waals surface area contributed by atoms with Gasteiger partial charge in [-0.25, -0.2) is 9.78 Å². The third kappa shape index (κ3) is 4.70. The number of aromatic nitrogens is 1. The first-order valence-corrected chi connectivity index (χ1v) is 6.54. The summed E-state index contributed by atoms with van der Waals surface area (Å²) in [4.78, 5) is 17.6. The molecule has 1 aromatic rings. The molecule has 6 heteroatoms. The third-order valence-electron chi connectivity index (χ3n) is 2.25. The van der Waals surface area contributed by atoms with Gasteiger partial charge in [-0.2, -0.15) is 0 Å². The SMILES string of the molecule is CC(O)CN(C(=O)NCc1cscn1)C(C)C. The molecule has 2 N–H and O–H groups in total. The Labute approximate surface area is 105 Å². The van der Waals surface area contributed by atoms with Crippen LogP contribution in [0.1, 0.15) is 26.5 Å². The van der Waals surface area contributed by atoms with E-state index >= 15 is 0 Å². The number of amides is 2. The Morgan fingerprint density at radius 3 is 2.76 bits per heavy atom. The molecule has 1 rings (SSSR count). The summed E-state index contributed by atoms with van der Waals surface area (Å²) >= 11 is 1.50. The van der Waals surface area contributed by atoms with Crippen LogP contribution >= 0.6 is 11.3 Å². The first-order chi connectivity index (χ1) is 8.00. The van der Waals surface area contributed by atoms with Crippen LogP contribution in [0.3, 0.4) is 0 Å². The number of urea groups is 1. The van der Waals surface area contributed by atoms with Crippen molar-refractivity contribution in [1.82, 2.24) is 15.2 Å². The second kappa shape index (κ2) is 6.56. The summed E-state index contributed by atoms with van der Waals surface area (Å²) in [6.07, 6.45) is -0.526. The summed E-state index contributed by atoms with van der Waals surface area (Å²) in [7, 11) is 0. The fourth-order valence-electron chi connectivity index (χ4n) is 1.41. The van der Waals surface area contributed by atoms with Crippen molar-refractivity contribution in [3.63, 3.8) is 0 Å². The van der Waals surface area contributed by atoms with Crippen molar-refractivity contribution in [3.8, 4) is 0 Å². The van der Waals surface area contributed by atoms with Crippen LogP contribution in [0.4, 0.5) is 4.79 Å². The van der Waals surface area contributed by atoms with Gasteiger partial charge in [0, 0.05) is 18.0 Å². The molecule has 96 valence electrons. The summed E-state index contributed by atoms with van der Waals surface area (Å²) in [5.74, 6) is 0. The number of aliphatic hydroxyl groups excluding tert-OH is 1. The first-order valence-electron chi connectivity index (χ1n) is 5.60. The molecule has 1 atom stereocenters. The van der Waals surface area contributed by atoms with E-state index < -0.39 is 6.10 Å². The predicted octanol–water partition coefficient (Wildman–Crippen LogP) is 1.44. The van der Waals surface area contributed by atoms with Gasteiger partial charge in [-0.1, -0.05) is 0 Å². The van der Waals surface area contributed by atoms with Crippen molar-refractivity contribution in [2.24, 2.45) is 0 Å². The van der Waals surface area contributed by atoms with E-state index in [0.717, 1.165) is 5.69 Å². The Kier molecular flexibility index (Phi) is 5.37. The van der Waals surface area contributed by atoms with E-state index in [1.807, 2.05) is 19.2 Å². The van der Waals surface area contributed by atoms with Gasteiger partial charge in [0.25, 0.3) is 0 Å². The smallest absolute Gasteiger partial charge is 0.318 e. The monoisotopic (exact) mass is 257 g/mol. The molecule has 0 saturated heterocycles. The molecular weight excluding hydrogens is 238 g/mol. The van der Waals surface area contributed by atoms with Gasteiger partial charge in [-0.3, -0.25) is 0 Å². The number of rotatable bonds is 5. The maximum Gasteiger partial charge on any atom is 0.318 e. The zero-order valence-corrected chi connectivity index (χ0v) is 11.2. The number of thiazole rings is 1. The lowest BCUT2D eigenvalue weighted by molar-refractivity contribution is 0.118. The normalized spacial score (nSPS) is 12.5. The lowest BCUT2D eigenvalue weighted by Crippen LogP contribution is -2.46. The van der Waals surface area contributed by atoms with Crippen LogP contribution in [0, 0.1) is 0 Å². The van der Waals surface area contributed by atoms with E-state index in [1.54, 1.807) is 17.3 Å². The van der Waals surface area contributed by atoms with E-state index in [-0.39, 0.29) is 12.1 Å². The number of nitrogens with zero attached hydrogens (tertiary/aromatic N) is 2. The minimum absolute atomic E-state index is 0.0556. The summed E-state index contributed by atoms with van der Waals surface area (Å²) in [5.41, 5.74) is 2.58. The van der Waals surface area contributed by atoms with Gasteiger partial charge in [0.15, 0.2) is 0 Å². The largest absolute Gasteiger partial charge is 0.392 e. The van der Waals surface area contributed by atoms with Gasteiger partial charge in [-0.15, -0.1) is 11.3 Å². The molecule has 1 aromatic heterocycles. The second-order valence-electron chi connectivity index (χ2n) is 4.23. The number of carbonyl (C=O) groups excluding carboxylic acids is 1. The third-order valence-corrected chi connectivity index (χ3v) is 2.88. The van der Waals surface area contributed by atoms with Gasteiger partial charge in [-0.05, 0) is 20.8 Å². The summed E-state index contributed by atoms with van der Waals surface area (Å²) < 4.78 is 0. The summed E-state index contributed by atoms with van der Waals surface area (Å²) in [6.45, 7) is 6.27. The molecule has 0 aromatic carbocycles. The zero-order valence-electron chi connectivity index (χ0n) is 10.4. The number of aliphatic hydroxyl groups is 1. The fraction of sp³-hybridized carbons (Fsp3) is 0.636. The molecule has 2 amide bonds. The van der Waals surface area contributed by atoms with E-state index in [9.17, 15) is 9.90 Å². The number of hydrogen-bond acceptors (Lipinski definition) is 4. The Hall–Kier alpha value is -1.14. The summed E-state index contributed by atoms with van der Waals surface area (Å²) in [6, 6.07) is -0.117. The van der Waals surface area contributed by atoms with Crippen molar-refractivity contribution in [2.75, 3.05) is 6.54 Å². The molecule has 5 nitrogen and oxygen atoms in total. The van der Waals surface area contributed by atoms with Gasteiger partial charge in [0.1, 0.15) is 0 Å². The number of carbonyl (C=O) groups is 1. The lowest BCUT2D eigenvalue weighted by atomic mass is 10.3. The minimum atomic E-state index is -0.526. The fourth-order valence-corrected chi connectivity index (χ4v) is 1.96. The molecule has 0 spiro atoms. The second-order valence-corrected chi connectivity index (χ2v) is 4.95. The van der Waals surface area contributed by atoms with Crippen LogP contribution in [-0.2, 0) is 6.54 Å². The van der Waals surface area contributed by atoms with Gasteiger partial charge >= 0.3 is 6.03 Å². The van der Waals surface area contributed by atoms with E-state index in [4.69, 9.17) is 0 Å². The molecular formula is C11H19N3O2S. The molecule has 1 unspecified atom stereocenters. The predicted molar refractivity (Wildman–Crippen MR) is 67.9 cm³/mol. The molecule has 0 aliphatic rings. The van der Waals surface area contributed by atoms with Crippen LogP contribution in [0.2, 0.25) is 0 Å². The van der Waals surface area contributed by atoms with Crippen LogP contribution < -0.4 is 5.32 Å². The highest BCUT2D eigenvalue weighted by Gasteiger charge is 2.18. The van der Waals surface area contributed by atoms with Gasteiger partial charge in [0.05, 0.1) is 23.9 Å². The molecule has 0 radical (unpaired) electrons. The standard InChI is InChI=1S/C11H19N3O2S/c1-8(2)14(5-9(3)15)11(16)12-4-10-6-17-7-13-10/h6-9,15H,4-5H2,1-3H3,(H,12,16). The summed E-state index contributed by atoms with van der Waals surface area (Å²) in [5, 5.41) is 14.0. The quantitative estimate of drug-likeness (QED) is 0.839. The molecule has 1 heterocycles. The van der Waals surface area contributed by atoms with Crippen LogP contribution in [0.15, 0.2) is 10.9 Å². The first kappa shape index (κ1) is 13.9. The van der Waals surface area contributed by atoms with Crippen LogP contribution in [0.5, 0.6) is 0 Å². The molecule has 17 heavy (non-hydrogen) atoms. The maximum absolute atomic E-state index is 11.9. The highest BCUT2D eigenvalue weighted by atomic mass is 32.1. The zero-order chi connectivity index (χ0) is 12.8. The Morgan fingerprint density at radius 2 is 2.29 bits per heavy atom. The van der Waals surface area contributed by atoms with E-state index in [2.05, 4.69) is 10.3 Å². The van der Waals surface area contributed by atoms with E-state index in [0.29, 0.717) is 13.1 Å². The molecule has 0 fully saturated rings. The average Bonchev–Trinajstić information content (AvgIpc) is 2.74. The molecule has 0 aliphatic carbocycles. The molecule has 0 bridgehead atoms. The number of hydrogen-bond donors (Lipinski definition) is 2. The van der Waals surface area contributed by atoms with Crippen LogP contribution in [-0.4, -0.2) is 39.7 Å². The van der Waals surface area contributed by atoms with E-state index in [1.165, 1.54) is 11.3 Å². The van der Waals surface area contributed by atoms with Gasteiger partial charge in [0.2, 0.25) is 0 Å². The number of nitrogens with one attached hydrogen (secondary N) is 1. The Bertz CT molecular complexity index is 338. The van der Waals surface area contributed by atoms with Crippen molar-refractivity contribution < 1.29 is 9.90 Å². The lowest BCUT2D eigenvalue weighted by Gasteiger charge is -2.28. The topological polar surface area (TPSA) is 65.5 Å². The maximum atomic E-state index is 11.9.